The number of hydrogen-bond acceptors (Lipinski definition) is 6. The van der Waals surface area contributed by atoms with E-state index < -0.39 is 5.41 Å². The monoisotopic (exact) mass is 453 g/mol. The van der Waals surface area contributed by atoms with E-state index >= 15 is 0 Å². The Labute approximate surface area is 198 Å². The molecule has 6 rings (SSSR count). The predicted molar refractivity (Wildman–Crippen MR) is 128 cm³/mol. The van der Waals surface area contributed by atoms with E-state index in [9.17, 15) is 5.11 Å². The molecule has 0 saturated heterocycles. The van der Waals surface area contributed by atoms with Gasteiger partial charge in [0.1, 0.15) is 18.1 Å². The first kappa shape index (κ1) is 21.0. The zero-order valence-corrected chi connectivity index (χ0v) is 19.5. The molecule has 0 spiro atoms. The molecule has 7 nitrogen and oxygen atoms in total. The number of allylic oxidation sites excluding steroid dienone is 2. The Morgan fingerprint density at radius 2 is 1.97 bits per heavy atom. The van der Waals surface area contributed by atoms with Crippen LogP contribution in [0, 0.1) is 18.4 Å². The summed E-state index contributed by atoms with van der Waals surface area (Å²) in [5.41, 5.74) is 3.56. The van der Waals surface area contributed by atoms with E-state index in [1.165, 1.54) is 6.42 Å². The quantitative estimate of drug-likeness (QED) is 0.522. The number of aliphatic hydroxyl groups is 1. The van der Waals surface area contributed by atoms with Gasteiger partial charge < -0.3 is 9.84 Å². The van der Waals surface area contributed by atoms with Gasteiger partial charge in [-0.1, -0.05) is 32.0 Å². The van der Waals surface area contributed by atoms with E-state index in [4.69, 9.17) is 21.3 Å². The number of nitrogens with zero attached hydrogens (tertiary/aromatic N) is 5. The van der Waals surface area contributed by atoms with Crippen LogP contribution in [0.3, 0.4) is 0 Å². The SMILES string of the molecule is [C-]#[N+]C1=C(O)[C@H](C)[C@H]2CCc3c(OC4CCC4)nc(-c4ncnc5ccccc45)nc3[C@]2(C)C1. The molecule has 0 amide bonds. The van der Waals surface area contributed by atoms with Crippen molar-refractivity contribution in [2.24, 2.45) is 11.8 Å². The fourth-order valence-corrected chi connectivity index (χ4v) is 5.99. The summed E-state index contributed by atoms with van der Waals surface area (Å²) in [7, 11) is 0. The lowest BCUT2D eigenvalue weighted by molar-refractivity contribution is 0.105. The first-order valence-electron chi connectivity index (χ1n) is 12.1. The predicted octanol–water partition coefficient (Wildman–Crippen LogP) is 5.57. The fraction of sp³-hybridized carbons (Fsp3) is 0.444. The molecular formula is C27H27N5O2. The number of aliphatic hydroxyl groups excluding tert-OH is 1. The van der Waals surface area contributed by atoms with Gasteiger partial charge in [-0.15, -0.1) is 0 Å². The summed E-state index contributed by atoms with van der Waals surface area (Å²) < 4.78 is 6.43. The van der Waals surface area contributed by atoms with E-state index in [1.807, 2.05) is 31.2 Å². The highest BCUT2D eigenvalue weighted by molar-refractivity contribution is 5.90. The van der Waals surface area contributed by atoms with Crippen molar-refractivity contribution < 1.29 is 9.84 Å². The lowest BCUT2D eigenvalue weighted by atomic mass is 9.57. The zero-order valence-electron chi connectivity index (χ0n) is 19.5. The average molecular weight is 454 g/mol. The van der Waals surface area contributed by atoms with E-state index in [-0.39, 0.29) is 23.7 Å². The third-order valence-electron chi connectivity index (χ3n) is 8.12. The molecule has 3 aromatic rings. The highest BCUT2D eigenvalue weighted by Gasteiger charge is 2.50. The maximum absolute atomic E-state index is 10.7. The van der Waals surface area contributed by atoms with Gasteiger partial charge in [0.15, 0.2) is 5.82 Å². The molecule has 1 fully saturated rings. The number of rotatable bonds is 3. The smallest absolute Gasteiger partial charge is 0.220 e. The van der Waals surface area contributed by atoms with Gasteiger partial charge in [0.05, 0.1) is 23.5 Å². The summed E-state index contributed by atoms with van der Waals surface area (Å²) in [6.45, 7) is 11.9. The first-order valence-corrected chi connectivity index (χ1v) is 12.1. The van der Waals surface area contributed by atoms with Crippen molar-refractivity contribution in [3.8, 4) is 17.4 Å². The number of benzene rings is 1. The summed E-state index contributed by atoms with van der Waals surface area (Å²) in [4.78, 5) is 22.7. The highest BCUT2D eigenvalue weighted by Crippen LogP contribution is 2.54. The third kappa shape index (κ3) is 3.08. The van der Waals surface area contributed by atoms with Gasteiger partial charge in [-0.3, -0.25) is 0 Å². The number of ether oxygens (including phenoxy) is 1. The summed E-state index contributed by atoms with van der Waals surface area (Å²) in [6.07, 6.45) is 7.17. The zero-order chi connectivity index (χ0) is 23.4. The summed E-state index contributed by atoms with van der Waals surface area (Å²) in [5, 5.41) is 11.6. The molecule has 2 heterocycles. The maximum Gasteiger partial charge on any atom is 0.220 e. The van der Waals surface area contributed by atoms with Crippen LogP contribution >= 0.6 is 0 Å². The Bertz CT molecular complexity index is 1370. The van der Waals surface area contributed by atoms with Crippen molar-refractivity contribution in [1.29, 1.82) is 0 Å². The minimum Gasteiger partial charge on any atom is -0.523 e. The van der Waals surface area contributed by atoms with Crippen LogP contribution < -0.4 is 4.74 Å². The molecule has 0 bridgehead atoms. The standard InChI is InChI=1S/C27H27N5O2/c1-15-19-12-11-18-24(27(19,2)13-21(28-3)23(15)33)31-25(32-26(18)34-16-7-6-8-16)22-17-9-4-5-10-20(17)29-14-30-22/h4-5,9-10,14-16,19,33H,6-8,11-13H2,1-2H3/t15-,19-,27-/m1/s1. The lowest BCUT2D eigenvalue weighted by Crippen LogP contribution is -2.45. The van der Waals surface area contributed by atoms with E-state index in [0.29, 0.717) is 29.5 Å². The van der Waals surface area contributed by atoms with Crippen molar-refractivity contribution in [3.63, 3.8) is 0 Å². The Morgan fingerprint density at radius 1 is 1.15 bits per heavy atom. The summed E-state index contributed by atoms with van der Waals surface area (Å²) in [5.74, 6) is 1.52. The number of aromatic nitrogens is 4. The molecule has 3 aliphatic carbocycles. The Balaban J connectivity index is 1.57. The second-order valence-electron chi connectivity index (χ2n) is 10.1. The van der Waals surface area contributed by atoms with Crippen LogP contribution in [0.1, 0.15) is 57.2 Å². The van der Waals surface area contributed by atoms with Gasteiger partial charge in [0.2, 0.25) is 11.6 Å². The van der Waals surface area contributed by atoms with Gasteiger partial charge in [-0.2, -0.15) is 4.98 Å². The average Bonchev–Trinajstić information content (AvgIpc) is 2.83. The summed E-state index contributed by atoms with van der Waals surface area (Å²) >= 11 is 0. The third-order valence-corrected chi connectivity index (χ3v) is 8.12. The Kier molecular flexibility index (Phi) is 4.80. The van der Waals surface area contributed by atoms with Crippen LogP contribution in [0.4, 0.5) is 0 Å². The van der Waals surface area contributed by atoms with Gasteiger partial charge in [-0.25, -0.2) is 19.8 Å². The molecule has 0 unspecified atom stereocenters. The molecular weight excluding hydrogens is 426 g/mol. The maximum atomic E-state index is 10.7. The molecule has 0 aliphatic heterocycles. The molecule has 2 aromatic heterocycles. The molecule has 1 N–H and O–H groups in total. The van der Waals surface area contributed by atoms with Crippen molar-refractivity contribution in [1.82, 2.24) is 19.9 Å². The minimum absolute atomic E-state index is 0.0923. The second kappa shape index (κ2) is 7.76. The van der Waals surface area contributed by atoms with Gasteiger partial charge >= 0.3 is 0 Å². The van der Waals surface area contributed by atoms with Crippen LogP contribution in [0.2, 0.25) is 0 Å². The molecule has 1 saturated carbocycles. The molecule has 1 aromatic carbocycles. The molecule has 34 heavy (non-hydrogen) atoms. The number of para-hydroxylation sites is 1. The number of hydrogen-bond donors (Lipinski definition) is 1. The van der Waals surface area contributed by atoms with Crippen LogP contribution in [0.25, 0.3) is 27.3 Å². The Hall–Kier alpha value is -3.53. The van der Waals surface area contributed by atoms with Gasteiger partial charge in [0, 0.05) is 22.3 Å². The Morgan fingerprint density at radius 3 is 2.74 bits per heavy atom. The van der Waals surface area contributed by atoms with Crippen molar-refractivity contribution in [2.75, 3.05) is 0 Å². The van der Waals surface area contributed by atoms with E-state index in [1.54, 1.807) is 6.33 Å². The summed E-state index contributed by atoms with van der Waals surface area (Å²) in [6, 6.07) is 7.87. The molecule has 3 aliphatic rings. The van der Waals surface area contributed by atoms with Crippen LogP contribution in [-0.2, 0) is 11.8 Å². The number of fused-ring (bicyclic) bond motifs is 4. The van der Waals surface area contributed by atoms with Gasteiger partial charge in [-0.05, 0) is 50.5 Å². The van der Waals surface area contributed by atoms with Crippen molar-refractivity contribution in [2.45, 2.75) is 63.9 Å². The molecule has 172 valence electrons. The minimum atomic E-state index is -0.392. The van der Waals surface area contributed by atoms with Crippen molar-refractivity contribution >= 4 is 10.9 Å². The highest BCUT2D eigenvalue weighted by atomic mass is 16.5. The first-order chi connectivity index (χ1) is 16.5. The second-order valence-corrected chi connectivity index (χ2v) is 10.1. The largest absolute Gasteiger partial charge is 0.523 e. The normalized spacial score (nSPS) is 26.4. The molecule has 3 atom stereocenters. The lowest BCUT2D eigenvalue weighted by Gasteiger charge is -2.48. The van der Waals surface area contributed by atoms with Crippen LogP contribution in [-0.4, -0.2) is 31.1 Å². The van der Waals surface area contributed by atoms with Crippen LogP contribution in [0.15, 0.2) is 42.0 Å². The fourth-order valence-electron chi connectivity index (χ4n) is 5.99. The molecule has 0 radical (unpaired) electrons. The van der Waals surface area contributed by atoms with Gasteiger partial charge in [0.25, 0.3) is 0 Å². The van der Waals surface area contributed by atoms with E-state index in [0.717, 1.165) is 47.8 Å². The van der Waals surface area contributed by atoms with Crippen LogP contribution in [0.5, 0.6) is 5.88 Å². The molecule has 7 heteroatoms. The van der Waals surface area contributed by atoms with Crippen molar-refractivity contribution in [3.05, 3.63) is 64.7 Å². The van der Waals surface area contributed by atoms with E-state index in [2.05, 4.69) is 21.7 Å². The topological polar surface area (TPSA) is 85.4 Å².